The number of carbonyl (C=O) groups excluding carboxylic acids is 1. The molecular weight excluding hydrogens is 134 g/mol. The molecule has 0 fully saturated rings. The minimum absolute atomic E-state index is 0.152. The third-order valence-corrected chi connectivity index (χ3v) is 1.34. The Hall–Kier alpha value is -0.900. The van der Waals surface area contributed by atoms with Gasteiger partial charge in [-0.05, 0) is 6.92 Å². The van der Waals surface area contributed by atoms with Gasteiger partial charge in [0.1, 0.15) is 0 Å². The van der Waals surface area contributed by atoms with Crippen LogP contribution in [-0.4, -0.2) is 22.4 Å². The Morgan fingerprint density at radius 1 is 1.60 bits per heavy atom. The van der Waals surface area contributed by atoms with E-state index >= 15 is 0 Å². The molecule has 0 radical (unpaired) electrons. The summed E-state index contributed by atoms with van der Waals surface area (Å²) in [6.07, 6.45) is 0.152. The van der Waals surface area contributed by atoms with Crippen LogP contribution in [0.1, 0.15) is 20.3 Å². The van der Waals surface area contributed by atoms with Crippen LogP contribution < -0.4 is 5.73 Å². The smallest absolute Gasteiger partial charge is 0.331 e. The molecule has 4 heteroatoms. The summed E-state index contributed by atoms with van der Waals surface area (Å²) in [7, 11) is 0. The lowest BCUT2D eigenvalue weighted by atomic mass is 9.96. The number of hydrogen-bond acceptors (Lipinski definition) is 3. The molecule has 0 amide bonds. The molecular formula is C6H11NO3. The van der Waals surface area contributed by atoms with Gasteiger partial charge in [0.15, 0.2) is 11.3 Å². The second-order valence-electron chi connectivity index (χ2n) is 2.28. The fraction of sp³-hybridized carbons (Fsp3) is 0.667. The van der Waals surface area contributed by atoms with E-state index in [1.807, 2.05) is 0 Å². The molecule has 0 saturated carbocycles. The molecule has 1 atom stereocenters. The van der Waals surface area contributed by atoms with Crippen molar-refractivity contribution in [1.82, 2.24) is 0 Å². The van der Waals surface area contributed by atoms with E-state index < -0.39 is 17.3 Å². The number of hydrogen-bond donors (Lipinski definition) is 2. The largest absolute Gasteiger partial charge is 0.480 e. The highest BCUT2D eigenvalue weighted by Crippen LogP contribution is 2.03. The van der Waals surface area contributed by atoms with Gasteiger partial charge in [0, 0.05) is 6.42 Å². The Morgan fingerprint density at radius 3 is 2.10 bits per heavy atom. The van der Waals surface area contributed by atoms with Crippen molar-refractivity contribution in [2.45, 2.75) is 25.8 Å². The third kappa shape index (κ3) is 1.54. The Bertz CT molecular complexity index is 162. The lowest BCUT2D eigenvalue weighted by molar-refractivity contribution is -0.147. The number of carboxylic acid groups (broad SMARTS) is 1. The number of carbonyl (C=O) groups is 2. The molecule has 58 valence electrons. The van der Waals surface area contributed by atoms with Gasteiger partial charge in [-0.1, -0.05) is 6.92 Å². The summed E-state index contributed by atoms with van der Waals surface area (Å²) in [6, 6.07) is 0. The highest BCUT2D eigenvalue weighted by Gasteiger charge is 2.34. The molecule has 0 aromatic heterocycles. The number of nitrogens with two attached hydrogens (primary N) is 1. The van der Waals surface area contributed by atoms with E-state index in [1.165, 1.54) is 6.92 Å². The summed E-state index contributed by atoms with van der Waals surface area (Å²) >= 11 is 0. The fourth-order valence-corrected chi connectivity index (χ4v) is 0.486. The first-order chi connectivity index (χ1) is 4.42. The maximum absolute atomic E-state index is 10.8. The summed E-state index contributed by atoms with van der Waals surface area (Å²) in [5.41, 5.74) is 3.45. The van der Waals surface area contributed by atoms with Crippen LogP contribution in [0.15, 0.2) is 0 Å². The van der Waals surface area contributed by atoms with E-state index in [4.69, 9.17) is 10.8 Å². The predicted molar refractivity (Wildman–Crippen MR) is 35.5 cm³/mol. The quantitative estimate of drug-likeness (QED) is 0.537. The van der Waals surface area contributed by atoms with Crippen molar-refractivity contribution in [3.63, 3.8) is 0 Å². The molecule has 10 heavy (non-hydrogen) atoms. The van der Waals surface area contributed by atoms with Crippen molar-refractivity contribution in [3.8, 4) is 0 Å². The summed E-state index contributed by atoms with van der Waals surface area (Å²) in [6.45, 7) is 2.78. The van der Waals surface area contributed by atoms with Crippen molar-refractivity contribution < 1.29 is 14.7 Å². The molecule has 3 N–H and O–H groups in total. The van der Waals surface area contributed by atoms with Crippen molar-refractivity contribution in [3.05, 3.63) is 0 Å². The number of aliphatic carboxylic acids is 1. The van der Waals surface area contributed by atoms with Crippen LogP contribution in [0.4, 0.5) is 0 Å². The molecule has 1 unspecified atom stereocenters. The van der Waals surface area contributed by atoms with Gasteiger partial charge in [0.25, 0.3) is 0 Å². The number of rotatable bonds is 3. The molecule has 0 aliphatic heterocycles. The first-order valence-electron chi connectivity index (χ1n) is 2.98. The van der Waals surface area contributed by atoms with Crippen molar-refractivity contribution in [2.75, 3.05) is 0 Å². The van der Waals surface area contributed by atoms with Crippen LogP contribution >= 0.6 is 0 Å². The fourth-order valence-electron chi connectivity index (χ4n) is 0.486. The first kappa shape index (κ1) is 9.10. The van der Waals surface area contributed by atoms with Crippen LogP contribution in [0.5, 0.6) is 0 Å². The molecule has 0 heterocycles. The minimum Gasteiger partial charge on any atom is -0.480 e. The zero-order valence-corrected chi connectivity index (χ0v) is 6.05. The average molecular weight is 145 g/mol. The van der Waals surface area contributed by atoms with E-state index in [0.717, 1.165) is 0 Å². The second kappa shape index (κ2) is 2.79. The van der Waals surface area contributed by atoms with E-state index in [1.54, 1.807) is 6.92 Å². The van der Waals surface area contributed by atoms with Gasteiger partial charge in [-0.3, -0.25) is 4.79 Å². The standard InChI is InChI=1S/C6H11NO3/c1-3-4(8)6(2,7)5(9)10/h3,7H2,1-2H3,(H,9,10). The van der Waals surface area contributed by atoms with Crippen LogP contribution in [0, 0.1) is 0 Å². The molecule has 0 rings (SSSR count). The minimum atomic E-state index is -1.71. The Balaban J connectivity index is 4.40. The maximum atomic E-state index is 10.8. The van der Waals surface area contributed by atoms with Gasteiger partial charge < -0.3 is 10.8 Å². The van der Waals surface area contributed by atoms with E-state index in [9.17, 15) is 9.59 Å². The Labute approximate surface area is 59.0 Å². The van der Waals surface area contributed by atoms with Gasteiger partial charge in [0.2, 0.25) is 0 Å². The Morgan fingerprint density at radius 2 is 2.00 bits per heavy atom. The summed E-state index contributed by atoms with van der Waals surface area (Å²) in [5.74, 6) is -1.74. The molecule has 0 aliphatic carbocycles. The normalized spacial score (nSPS) is 15.9. The third-order valence-electron chi connectivity index (χ3n) is 1.34. The van der Waals surface area contributed by atoms with Gasteiger partial charge in [-0.15, -0.1) is 0 Å². The lowest BCUT2D eigenvalue weighted by Gasteiger charge is -2.15. The zero-order chi connectivity index (χ0) is 8.36. The number of Topliss-reactive ketones (excluding diaryl/α,β-unsaturated/α-hetero) is 1. The second-order valence-corrected chi connectivity index (χ2v) is 2.28. The van der Waals surface area contributed by atoms with E-state index in [-0.39, 0.29) is 6.42 Å². The first-order valence-corrected chi connectivity index (χ1v) is 2.98. The van der Waals surface area contributed by atoms with Gasteiger partial charge in [-0.2, -0.15) is 0 Å². The van der Waals surface area contributed by atoms with Crippen LogP contribution in [-0.2, 0) is 9.59 Å². The SMILES string of the molecule is CCC(=O)C(C)(N)C(=O)O. The predicted octanol–water partition coefficient (Wildman–Crippen LogP) is -0.232. The molecule has 0 spiro atoms. The average Bonchev–Trinajstić information content (AvgIpc) is 1.86. The van der Waals surface area contributed by atoms with Gasteiger partial charge in [-0.25, -0.2) is 4.79 Å². The summed E-state index contributed by atoms with van der Waals surface area (Å²) in [5, 5.41) is 8.40. The Kier molecular flexibility index (Phi) is 2.54. The molecule has 0 bridgehead atoms. The summed E-state index contributed by atoms with van der Waals surface area (Å²) < 4.78 is 0. The molecule has 0 aromatic carbocycles. The van der Waals surface area contributed by atoms with Crippen molar-refractivity contribution in [2.24, 2.45) is 5.73 Å². The zero-order valence-electron chi connectivity index (χ0n) is 6.05. The molecule has 0 aromatic rings. The summed E-state index contributed by atoms with van der Waals surface area (Å²) in [4.78, 5) is 21.0. The van der Waals surface area contributed by atoms with Crippen LogP contribution in [0.3, 0.4) is 0 Å². The van der Waals surface area contributed by atoms with Crippen molar-refractivity contribution in [1.29, 1.82) is 0 Å². The monoisotopic (exact) mass is 145 g/mol. The molecule has 4 nitrogen and oxygen atoms in total. The molecule has 0 aliphatic rings. The number of carboxylic acids is 1. The van der Waals surface area contributed by atoms with Gasteiger partial charge in [0.05, 0.1) is 0 Å². The maximum Gasteiger partial charge on any atom is 0.331 e. The van der Waals surface area contributed by atoms with Crippen LogP contribution in [0.2, 0.25) is 0 Å². The van der Waals surface area contributed by atoms with Crippen LogP contribution in [0.25, 0.3) is 0 Å². The van der Waals surface area contributed by atoms with E-state index in [0.29, 0.717) is 0 Å². The van der Waals surface area contributed by atoms with Gasteiger partial charge >= 0.3 is 5.97 Å². The topological polar surface area (TPSA) is 80.4 Å². The van der Waals surface area contributed by atoms with E-state index in [2.05, 4.69) is 0 Å². The van der Waals surface area contributed by atoms with Crippen molar-refractivity contribution >= 4 is 11.8 Å². The number of ketones is 1. The lowest BCUT2D eigenvalue weighted by Crippen LogP contribution is -2.51. The highest BCUT2D eigenvalue weighted by molar-refractivity contribution is 6.06. The highest BCUT2D eigenvalue weighted by atomic mass is 16.4. The molecule has 0 saturated heterocycles.